The quantitative estimate of drug-likeness (QED) is 0.310. The highest BCUT2D eigenvalue weighted by Gasteiger charge is 2.28. The van der Waals surface area contributed by atoms with E-state index < -0.39 is 29.8 Å². The first-order valence-electron chi connectivity index (χ1n) is 11.5. The molecule has 4 N–H and O–H groups in total. The minimum atomic E-state index is -0.710. The van der Waals surface area contributed by atoms with Gasteiger partial charge in [0.1, 0.15) is 17.3 Å². The second-order valence-corrected chi connectivity index (χ2v) is 8.86. The Morgan fingerprint density at radius 1 is 1.05 bits per heavy atom. The number of aliphatic hydroxyl groups is 1. The van der Waals surface area contributed by atoms with Gasteiger partial charge in [0, 0.05) is 30.9 Å². The van der Waals surface area contributed by atoms with Crippen LogP contribution in [0.2, 0.25) is 5.02 Å². The monoisotopic (exact) mass is 520 g/mol. The average molecular weight is 521 g/mol. The molecule has 2 aromatic carbocycles. The van der Waals surface area contributed by atoms with Crippen molar-refractivity contribution in [1.29, 1.82) is 0 Å². The van der Waals surface area contributed by atoms with Gasteiger partial charge in [-0.25, -0.2) is 9.07 Å². The molecule has 1 aliphatic rings. The van der Waals surface area contributed by atoms with Gasteiger partial charge in [-0.05, 0) is 36.4 Å². The zero-order valence-electron chi connectivity index (χ0n) is 19.4. The lowest BCUT2D eigenvalue weighted by atomic mass is 10.1. The van der Waals surface area contributed by atoms with Crippen molar-refractivity contribution in [2.45, 2.75) is 12.1 Å². The molecule has 1 saturated heterocycles. The van der Waals surface area contributed by atoms with Crippen LogP contribution in [0.3, 0.4) is 0 Å². The summed E-state index contributed by atoms with van der Waals surface area (Å²) in [7, 11) is 0. The summed E-state index contributed by atoms with van der Waals surface area (Å²) in [4.78, 5) is 30.2. The van der Waals surface area contributed by atoms with Crippen LogP contribution in [-0.2, 0) is 0 Å². The smallest absolute Gasteiger partial charge is 0.272 e. The van der Waals surface area contributed by atoms with Crippen LogP contribution < -0.4 is 16.0 Å². The Bertz CT molecular complexity index is 1460. The maximum absolute atomic E-state index is 14.3. The predicted octanol–water partition coefficient (Wildman–Crippen LogP) is 3.04. The lowest BCUT2D eigenvalue weighted by molar-refractivity contribution is 0.0883. The Morgan fingerprint density at radius 2 is 1.86 bits per heavy atom. The van der Waals surface area contributed by atoms with Crippen molar-refractivity contribution in [3.8, 4) is 16.9 Å². The minimum absolute atomic E-state index is 0.0497. The minimum Gasteiger partial charge on any atom is -0.390 e. The second kappa shape index (κ2) is 10.5. The highest BCUT2D eigenvalue weighted by atomic mass is 35.5. The molecular formula is C26H22ClFN6O3. The van der Waals surface area contributed by atoms with E-state index >= 15 is 0 Å². The van der Waals surface area contributed by atoms with E-state index in [1.165, 1.54) is 41.2 Å². The van der Waals surface area contributed by atoms with Gasteiger partial charge in [-0.3, -0.25) is 14.6 Å². The molecule has 1 aliphatic heterocycles. The van der Waals surface area contributed by atoms with E-state index in [4.69, 9.17) is 11.6 Å². The number of nitrogens with zero attached hydrogens (tertiary/aromatic N) is 3. The van der Waals surface area contributed by atoms with Crippen molar-refractivity contribution in [2.24, 2.45) is 0 Å². The largest absolute Gasteiger partial charge is 0.390 e. The van der Waals surface area contributed by atoms with Crippen LogP contribution in [-0.4, -0.2) is 56.9 Å². The van der Waals surface area contributed by atoms with Gasteiger partial charge in [0.2, 0.25) is 0 Å². The summed E-state index contributed by atoms with van der Waals surface area (Å²) < 4.78 is 15.7. The number of hydrogen-bond acceptors (Lipinski definition) is 6. The third kappa shape index (κ3) is 5.21. The summed E-state index contributed by atoms with van der Waals surface area (Å²) in [6, 6.07) is 17.2. The van der Waals surface area contributed by atoms with E-state index in [0.29, 0.717) is 24.3 Å². The predicted molar refractivity (Wildman–Crippen MR) is 136 cm³/mol. The van der Waals surface area contributed by atoms with Gasteiger partial charge in [-0.1, -0.05) is 35.9 Å². The fraction of sp³-hybridized carbons (Fsp3) is 0.154. The maximum atomic E-state index is 14.3. The van der Waals surface area contributed by atoms with Crippen molar-refractivity contribution < 1.29 is 19.1 Å². The van der Waals surface area contributed by atoms with E-state index in [1.807, 2.05) is 6.07 Å². The van der Waals surface area contributed by atoms with Crippen molar-refractivity contribution in [3.63, 3.8) is 0 Å². The molecule has 37 heavy (non-hydrogen) atoms. The average Bonchev–Trinajstić information content (AvgIpc) is 3.51. The van der Waals surface area contributed by atoms with Gasteiger partial charge < -0.3 is 21.1 Å². The molecule has 11 heteroatoms. The highest BCUT2D eigenvalue weighted by Crippen LogP contribution is 2.27. The van der Waals surface area contributed by atoms with Crippen molar-refractivity contribution >= 4 is 29.2 Å². The van der Waals surface area contributed by atoms with Crippen LogP contribution in [0.25, 0.3) is 16.9 Å². The first kappa shape index (κ1) is 24.6. The van der Waals surface area contributed by atoms with Crippen molar-refractivity contribution in [2.75, 3.05) is 18.4 Å². The number of rotatable bonds is 6. The number of anilines is 1. The zero-order chi connectivity index (χ0) is 25.9. The Labute approximate surface area is 216 Å². The summed E-state index contributed by atoms with van der Waals surface area (Å²) in [5, 5.41) is 23.1. The van der Waals surface area contributed by atoms with Crippen LogP contribution in [0, 0.1) is 5.82 Å². The molecule has 9 nitrogen and oxygen atoms in total. The number of pyridine rings is 1. The molecule has 0 aliphatic carbocycles. The van der Waals surface area contributed by atoms with Gasteiger partial charge in [0.05, 0.1) is 28.4 Å². The Morgan fingerprint density at radius 3 is 2.59 bits per heavy atom. The fourth-order valence-corrected chi connectivity index (χ4v) is 4.23. The summed E-state index contributed by atoms with van der Waals surface area (Å²) in [5.74, 6) is -1.39. The lowest BCUT2D eigenvalue weighted by Crippen LogP contribution is -2.42. The van der Waals surface area contributed by atoms with Crippen LogP contribution >= 0.6 is 11.6 Å². The number of aliphatic hydroxyl groups excluding tert-OH is 1. The molecule has 0 radical (unpaired) electrons. The highest BCUT2D eigenvalue weighted by molar-refractivity contribution is 6.34. The third-order valence-corrected chi connectivity index (χ3v) is 6.26. The number of aromatic nitrogens is 3. The van der Waals surface area contributed by atoms with E-state index in [9.17, 15) is 19.1 Å². The molecule has 2 atom stereocenters. The summed E-state index contributed by atoms with van der Waals surface area (Å²) in [5.41, 5.74) is 1.22. The fourth-order valence-electron chi connectivity index (χ4n) is 4.03. The molecular weight excluding hydrogens is 499 g/mol. The normalized spacial score (nSPS) is 16.9. The molecule has 0 saturated carbocycles. The number of hydrogen-bond donors (Lipinski definition) is 4. The number of β-amino-alcohol motifs (C(OH)–C–C–N with tert-alkyl or cyclic N) is 1. The molecule has 0 spiro atoms. The second-order valence-electron chi connectivity index (χ2n) is 8.45. The Balaban J connectivity index is 1.46. The molecule has 0 bridgehead atoms. The Hall–Kier alpha value is -4.12. The number of para-hydroxylation sites is 1. The van der Waals surface area contributed by atoms with Gasteiger partial charge in [-0.15, -0.1) is 0 Å². The van der Waals surface area contributed by atoms with E-state index in [2.05, 4.69) is 26.0 Å². The number of halogens is 2. The van der Waals surface area contributed by atoms with E-state index in [1.54, 1.807) is 30.3 Å². The van der Waals surface area contributed by atoms with Gasteiger partial charge >= 0.3 is 0 Å². The van der Waals surface area contributed by atoms with Gasteiger partial charge in [0.25, 0.3) is 11.8 Å². The first-order chi connectivity index (χ1) is 17.9. The number of amides is 2. The molecule has 2 unspecified atom stereocenters. The molecule has 1 fully saturated rings. The number of nitrogens with one attached hydrogen (secondary N) is 3. The number of carbonyl (C=O) groups excluding carboxylic acids is 2. The topological polar surface area (TPSA) is 121 Å². The first-order valence-corrected chi connectivity index (χ1v) is 11.9. The molecule has 4 aromatic rings. The summed E-state index contributed by atoms with van der Waals surface area (Å²) in [6.45, 7) is 0.814. The maximum Gasteiger partial charge on any atom is 0.272 e. The zero-order valence-corrected chi connectivity index (χ0v) is 20.1. The summed E-state index contributed by atoms with van der Waals surface area (Å²) in [6.07, 6.45) is 0.746. The summed E-state index contributed by atoms with van der Waals surface area (Å²) >= 11 is 6.31. The van der Waals surface area contributed by atoms with Crippen LogP contribution in [0.5, 0.6) is 0 Å². The standard InChI is InChI=1S/C26H22ClFN6O3/c27-18-9-8-15(24-19(28)7-4-10-30-24)11-17(18)25(36)32-23-12-20(26(37)31-21-13-29-14-22(21)35)33-34(23)16-5-2-1-3-6-16/h1-12,21-22,29,35H,13-14H2,(H,31,37)(H,32,36). The van der Waals surface area contributed by atoms with Gasteiger partial charge in [-0.2, -0.15) is 5.10 Å². The lowest BCUT2D eigenvalue weighted by Gasteiger charge is -2.14. The SMILES string of the molecule is O=C(NC1CNCC1O)c1cc(NC(=O)c2cc(-c3ncccc3F)ccc2Cl)n(-c2ccccc2)n1. The van der Waals surface area contributed by atoms with Crippen LogP contribution in [0.1, 0.15) is 20.8 Å². The van der Waals surface area contributed by atoms with Crippen molar-refractivity contribution in [3.05, 3.63) is 95.0 Å². The van der Waals surface area contributed by atoms with Crippen molar-refractivity contribution in [1.82, 2.24) is 25.4 Å². The molecule has 2 aromatic heterocycles. The molecule has 188 valence electrons. The molecule has 3 heterocycles. The van der Waals surface area contributed by atoms with E-state index in [0.717, 1.165) is 0 Å². The van der Waals surface area contributed by atoms with Crippen LogP contribution in [0.15, 0.2) is 72.9 Å². The van der Waals surface area contributed by atoms with Crippen LogP contribution in [0.4, 0.5) is 10.2 Å². The number of benzene rings is 2. The molecule has 5 rings (SSSR count). The molecule has 2 amide bonds. The third-order valence-electron chi connectivity index (χ3n) is 5.93. The van der Waals surface area contributed by atoms with E-state index in [-0.39, 0.29) is 27.8 Å². The van der Waals surface area contributed by atoms with Gasteiger partial charge in [0.15, 0.2) is 5.69 Å². The Kier molecular flexibility index (Phi) is 6.95. The number of carbonyl (C=O) groups is 2.